The number of carbonyl (C=O) groups excluding carboxylic acids is 1. The van der Waals surface area contributed by atoms with Gasteiger partial charge in [0.1, 0.15) is 0 Å². The van der Waals surface area contributed by atoms with Gasteiger partial charge in [-0.25, -0.2) is 8.78 Å². The standard InChI is InChI=1S/C13H15ClF2N2O.ClH/c1-18(8-2-4-17-5-3-8)13(19)9-6-11(15)12(16)7-10(9)14;/h6-8,17H,2-5H2,1H3;1H. The average Bonchev–Trinajstić information content (AvgIpc) is 2.42. The molecule has 0 radical (unpaired) electrons. The molecule has 0 aromatic heterocycles. The second-order valence-corrected chi connectivity index (χ2v) is 5.05. The molecule has 0 saturated carbocycles. The van der Waals surface area contributed by atoms with Gasteiger partial charge in [0.25, 0.3) is 5.91 Å². The Labute approximate surface area is 127 Å². The van der Waals surface area contributed by atoms with E-state index in [1.807, 2.05) is 0 Å². The molecule has 1 amide bonds. The van der Waals surface area contributed by atoms with Crippen LogP contribution in [0.3, 0.4) is 0 Å². The Bertz CT molecular complexity index is 494. The summed E-state index contributed by atoms with van der Waals surface area (Å²) in [5, 5.41) is 3.14. The molecule has 0 atom stereocenters. The van der Waals surface area contributed by atoms with Crippen molar-refractivity contribution in [3.8, 4) is 0 Å². The first-order valence-electron chi connectivity index (χ1n) is 6.13. The number of nitrogens with zero attached hydrogens (tertiary/aromatic N) is 1. The molecule has 1 heterocycles. The van der Waals surface area contributed by atoms with E-state index in [-0.39, 0.29) is 34.9 Å². The van der Waals surface area contributed by atoms with Gasteiger partial charge in [0.15, 0.2) is 11.6 Å². The first-order chi connectivity index (χ1) is 9.00. The summed E-state index contributed by atoms with van der Waals surface area (Å²) in [5.74, 6) is -2.49. The van der Waals surface area contributed by atoms with E-state index >= 15 is 0 Å². The van der Waals surface area contributed by atoms with Gasteiger partial charge in [0.2, 0.25) is 0 Å². The van der Waals surface area contributed by atoms with Gasteiger partial charge in [-0.05, 0) is 38.1 Å². The van der Waals surface area contributed by atoms with E-state index in [9.17, 15) is 13.6 Å². The number of amides is 1. The Kier molecular flexibility index (Phi) is 6.17. The molecule has 1 aromatic carbocycles. The molecular weight excluding hydrogens is 309 g/mol. The molecule has 0 bridgehead atoms. The van der Waals surface area contributed by atoms with Crippen molar-refractivity contribution in [2.45, 2.75) is 18.9 Å². The molecule has 1 N–H and O–H groups in total. The molecular formula is C13H16Cl2F2N2O. The summed E-state index contributed by atoms with van der Waals surface area (Å²) in [7, 11) is 1.66. The largest absolute Gasteiger partial charge is 0.339 e. The zero-order chi connectivity index (χ0) is 14.0. The average molecular weight is 325 g/mol. The van der Waals surface area contributed by atoms with Crippen molar-refractivity contribution in [3.05, 3.63) is 34.4 Å². The van der Waals surface area contributed by atoms with Crippen molar-refractivity contribution in [2.75, 3.05) is 20.1 Å². The maximum atomic E-state index is 13.2. The highest BCUT2D eigenvalue weighted by Gasteiger charge is 2.25. The second kappa shape index (κ2) is 7.20. The van der Waals surface area contributed by atoms with Crippen LogP contribution in [0.2, 0.25) is 5.02 Å². The van der Waals surface area contributed by atoms with Crippen molar-refractivity contribution in [1.29, 1.82) is 0 Å². The number of piperidine rings is 1. The summed E-state index contributed by atoms with van der Waals surface area (Å²) >= 11 is 5.81. The lowest BCUT2D eigenvalue weighted by Gasteiger charge is -2.31. The van der Waals surface area contributed by atoms with E-state index in [1.165, 1.54) is 0 Å². The maximum Gasteiger partial charge on any atom is 0.255 e. The highest BCUT2D eigenvalue weighted by Crippen LogP contribution is 2.23. The van der Waals surface area contributed by atoms with Crippen LogP contribution in [0.4, 0.5) is 8.78 Å². The van der Waals surface area contributed by atoms with Crippen LogP contribution in [0.1, 0.15) is 23.2 Å². The lowest BCUT2D eigenvalue weighted by atomic mass is 10.0. The lowest BCUT2D eigenvalue weighted by molar-refractivity contribution is 0.0703. The Balaban J connectivity index is 0.00000200. The SMILES string of the molecule is CN(C(=O)c1cc(F)c(F)cc1Cl)C1CCNCC1.Cl. The first kappa shape index (κ1) is 17.1. The smallest absolute Gasteiger partial charge is 0.255 e. The van der Waals surface area contributed by atoms with Gasteiger partial charge in [-0.1, -0.05) is 11.6 Å². The zero-order valence-electron chi connectivity index (χ0n) is 11.0. The number of benzene rings is 1. The van der Waals surface area contributed by atoms with Gasteiger partial charge < -0.3 is 10.2 Å². The van der Waals surface area contributed by atoms with Crippen molar-refractivity contribution in [2.24, 2.45) is 0 Å². The molecule has 1 aliphatic heterocycles. The fraction of sp³-hybridized carbons (Fsp3) is 0.462. The summed E-state index contributed by atoms with van der Waals surface area (Å²) in [6.07, 6.45) is 1.67. The van der Waals surface area contributed by atoms with Crippen LogP contribution < -0.4 is 5.32 Å². The fourth-order valence-corrected chi connectivity index (χ4v) is 2.47. The third-order valence-corrected chi connectivity index (χ3v) is 3.73. The summed E-state index contributed by atoms with van der Waals surface area (Å²) in [5.41, 5.74) is 0.00148. The highest BCUT2D eigenvalue weighted by atomic mass is 35.5. The van der Waals surface area contributed by atoms with Gasteiger partial charge >= 0.3 is 0 Å². The van der Waals surface area contributed by atoms with E-state index in [1.54, 1.807) is 11.9 Å². The van der Waals surface area contributed by atoms with Crippen LogP contribution in [0, 0.1) is 11.6 Å². The fourth-order valence-electron chi connectivity index (χ4n) is 2.24. The Morgan fingerprint density at radius 1 is 1.30 bits per heavy atom. The minimum absolute atomic E-state index is 0. The quantitative estimate of drug-likeness (QED) is 0.848. The molecule has 1 aromatic rings. The van der Waals surface area contributed by atoms with Crippen molar-refractivity contribution in [1.82, 2.24) is 10.2 Å². The van der Waals surface area contributed by atoms with Gasteiger partial charge in [-0.15, -0.1) is 12.4 Å². The number of hydrogen-bond donors (Lipinski definition) is 1. The van der Waals surface area contributed by atoms with E-state index in [2.05, 4.69) is 5.32 Å². The summed E-state index contributed by atoms with van der Waals surface area (Å²) in [4.78, 5) is 13.8. The molecule has 112 valence electrons. The summed E-state index contributed by atoms with van der Waals surface area (Å²) in [6, 6.07) is 1.79. The van der Waals surface area contributed by atoms with Crippen LogP contribution in [0.15, 0.2) is 12.1 Å². The number of halogens is 4. The van der Waals surface area contributed by atoms with Gasteiger partial charge in [0, 0.05) is 13.1 Å². The predicted octanol–water partition coefficient (Wildman–Crippen LogP) is 2.86. The van der Waals surface area contributed by atoms with E-state index in [0.717, 1.165) is 38.1 Å². The number of hydrogen-bond acceptors (Lipinski definition) is 2. The van der Waals surface area contributed by atoms with E-state index < -0.39 is 11.6 Å². The normalized spacial score (nSPS) is 15.6. The molecule has 1 fully saturated rings. The van der Waals surface area contributed by atoms with E-state index in [4.69, 9.17) is 11.6 Å². The molecule has 1 saturated heterocycles. The lowest BCUT2D eigenvalue weighted by Crippen LogP contribution is -2.44. The maximum absolute atomic E-state index is 13.2. The van der Waals surface area contributed by atoms with E-state index in [0.29, 0.717) is 0 Å². The van der Waals surface area contributed by atoms with Gasteiger partial charge in [0.05, 0.1) is 10.6 Å². The monoisotopic (exact) mass is 324 g/mol. The van der Waals surface area contributed by atoms with Crippen molar-refractivity contribution >= 4 is 29.9 Å². The van der Waals surface area contributed by atoms with Crippen LogP contribution in [0.25, 0.3) is 0 Å². The molecule has 2 rings (SSSR count). The van der Waals surface area contributed by atoms with Gasteiger partial charge in [-0.2, -0.15) is 0 Å². The number of rotatable bonds is 2. The predicted molar refractivity (Wildman–Crippen MR) is 76.6 cm³/mol. The van der Waals surface area contributed by atoms with Gasteiger partial charge in [-0.3, -0.25) is 4.79 Å². The molecule has 1 aliphatic rings. The third-order valence-electron chi connectivity index (χ3n) is 3.42. The van der Waals surface area contributed by atoms with Crippen molar-refractivity contribution in [3.63, 3.8) is 0 Å². The second-order valence-electron chi connectivity index (χ2n) is 4.64. The summed E-state index contributed by atoms with van der Waals surface area (Å²) in [6.45, 7) is 1.68. The Hall–Kier alpha value is -0.910. The molecule has 20 heavy (non-hydrogen) atoms. The Morgan fingerprint density at radius 2 is 1.85 bits per heavy atom. The van der Waals surface area contributed by atoms with Crippen LogP contribution in [-0.2, 0) is 0 Å². The van der Waals surface area contributed by atoms with Crippen LogP contribution in [0.5, 0.6) is 0 Å². The number of carbonyl (C=O) groups is 1. The minimum atomic E-state index is -1.06. The van der Waals surface area contributed by atoms with Crippen molar-refractivity contribution < 1.29 is 13.6 Å². The minimum Gasteiger partial charge on any atom is -0.339 e. The Morgan fingerprint density at radius 3 is 2.45 bits per heavy atom. The van der Waals surface area contributed by atoms with Crippen LogP contribution in [-0.4, -0.2) is 37.0 Å². The molecule has 0 unspecified atom stereocenters. The molecule has 0 spiro atoms. The molecule has 3 nitrogen and oxygen atoms in total. The molecule has 0 aliphatic carbocycles. The number of nitrogens with one attached hydrogen (secondary N) is 1. The third kappa shape index (κ3) is 3.59. The summed E-state index contributed by atoms with van der Waals surface area (Å²) < 4.78 is 26.2. The highest BCUT2D eigenvalue weighted by molar-refractivity contribution is 6.33. The molecule has 7 heteroatoms. The first-order valence-corrected chi connectivity index (χ1v) is 6.51. The topological polar surface area (TPSA) is 32.3 Å². The van der Waals surface area contributed by atoms with Crippen LogP contribution >= 0.6 is 24.0 Å². The zero-order valence-corrected chi connectivity index (χ0v) is 12.5.